The molecule has 0 bridgehead atoms. The molecule has 0 amide bonds. The van der Waals surface area contributed by atoms with Gasteiger partial charge < -0.3 is 0 Å². The number of carbonyl (C=O) groups excluding carboxylic acids is 4. The van der Waals surface area contributed by atoms with Crippen molar-refractivity contribution in [2.24, 2.45) is 0 Å². The standard InChI is InChI=1S/C18H22N2O8Se2/c1-19-7-8-20(2)13(19)9(14(21)25-3)10(15(22)26-4)18-29-11(16(23)27-5)12(30-18)17(24)28-6/h7-8H2,1-6H3. The summed E-state index contributed by atoms with van der Waals surface area (Å²) < 4.78 is 20.4. The van der Waals surface area contributed by atoms with Crippen LogP contribution in [-0.4, -0.2) is 119 Å². The Labute approximate surface area is 186 Å². The van der Waals surface area contributed by atoms with E-state index in [-0.39, 0.29) is 20.1 Å². The van der Waals surface area contributed by atoms with Gasteiger partial charge in [0.1, 0.15) is 0 Å². The van der Waals surface area contributed by atoms with E-state index < -0.39 is 53.8 Å². The second kappa shape index (κ2) is 10.2. The number of methoxy groups -OCH3 is 4. The van der Waals surface area contributed by atoms with Crippen molar-refractivity contribution in [3.05, 3.63) is 29.3 Å². The molecule has 2 heterocycles. The summed E-state index contributed by atoms with van der Waals surface area (Å²) in [5, 5.41) is 0. The van der Waals surface area contributed by atoms with Gasteiger partial charge in [0.25, 0.3) is 0 Å². The molecule has 2 aliphatic heterocycles. The number of likely N-dealkylation sites (N-methyl/N-ethyl adjacent to an activating group) is 2. The van der Waals surface area contributed by atoms with Gasteiger partial charge in [0.2, 0.25) is 0 Å². The molecular formula is C18H22N2O8Se2. The third-order valence-corrected chi connectivity index (χ3v) is 10.8. The van der Waals surface area contributed by atoms with Crippen LogP contribution in [0.4, 0.5) is 0 Å². The molecule has 0 unspecified atom stereocenters. The van der Waals surface area contributed by atoms with Crippen molar-refractivity contribution >= 4 is 53.8 Å². The molecule has 0 aromatic carbocycles. The second-order valence-corrected chi connectivity index (χ2v) is 11.6. The molecular weight excluding hydrogens is 530 g/mol. The van der Waals surface area contributed by atoms with Crippen molar-refractivity contribution in [2.45, 2.75) is 0 Å². The van der Waals surface area contributed by atoms with E-state index in [4.69, 9.17) is 18.9 Å². The Kier molecular flexibility index (Phi) is 8.14. The number of esters is 4. The van der Waals surface area contributed by atoms with Gasteiger partial charge in [0.05, 0.1) is 0 Å². The Hall–Kier alpha value is -2.26. The van der Waals surface area contributed by atoms with E-state index in [1.807, 2.05) is 9.80 Å². The number of hydrogen-bond donors (Lipinski definition) is 0. The van der Waals surface area contributed by atoms with Crippen LogP contribution >= 0.6 is 0 Å². The normalized spacial score (nSPS) is 15.9. The van der Waals surface area contributed by atoms with Gasteiger partial charge in [-0.2, -0.15) is 0 Å². The molecule has 30 heavy (non-hydrogen) atoms. The van der Waals surface area contributed by atoms with E-state index >= 15 is 0 Å². The van der Waals surface area contributed by atoms with Crippen molar-refractivity contribution in [3.8, 4) is 0 Å². The summed E-state index contributed by atoms with van der Waals surface area (Å²) >= 11 is -1.48. The van der Waals surface area contributed by atoms with Crippen molar-refractivity contribution in [3.63, 3.8) is 0 Å². The molecule has 0 radical (unpaired) electrons. The first kappa shape index (κ1) is 24.0. The van der Waals surface area contributed by atoms with Crippen LogP contribution in [0.15, 0.2) is 29.3 Å². The first-order valence-corrected chi connectivity index (χ1v) is 12.0. The number of rotatable bonds is 5. The fraction of sp³-hybridized carbons (Fsp3) is 0.444. The first-order valence-electron chi connectivity index (χ1n) is 8.56. The number of nitrogens with zero attached hydrogens (tertiary/aromatic N) is 2. The molecule has 0 aromatic heterocycles. The van der Waals surface area contributed by atoms with Gasteiger partial charge in [0.15, 0.2) is 0 Å². The SMILES string of the molecule is COC(=O)C1=C(C(=O)OC)[Se]C(=C(C(=O)OC)C(C(=O)OC)=C2N(C)CCN2C)[Se]1. The number of hydrogen-bond acceptors (Lipinski definition) is 10. The molecule has 0 aromatic rings. The van der Waals surface area contributed by atoms with Crippen LogP contribution in [0.25, 0.3) is 0 Å². The third-order valence-electron chi connectivity index (χ3n) is 4.29. The Morgan fingerprint density at radius 1 is 0.700 bits per heavy atom. The van der Waals surface area contributed by atoms with Gasteiger partial charge in [-0.3, -0.25) is 0 Å². The molecule has 0 atom stereocenters. The van der Waals surface area contributed by atoms with Crippen LogP contribution in [0.3, 0.4) is 0 Å². The molecule has 0 spiro atoms. The van der Waals surface area contributed by atoms with Gasteiger partial charge in [-0.25, -0.2) is 0 Å². The fourth-order valence-electron chi connectivity index (χ4n) is 2.84. The van der Waals surface area contributed by atoms with E-state index in [9.17, 15) is 19.2 Å². The topological polar surface area (TPSA) is 112 Å². The predicted octanol–water partition coefficient (Wildman–Crippen LogP) is -1.39. The molecule has 12 heteroatoms. The van der Waals surface area contributed by atoms with E-state index in [1.165, 1.54) is 28.4 Å². The summed E-state index contributed by atoms with van der Waals surface area (Å²) in [5.74, 6) is -2.29. The van der Waals surface area contributed by atoms with Crippen LogP contribution in [0.1, 0.15) is 0 Å². The Bertz CT molecular complexity index is 835. The van der Waals surface area contributed by atoms with E-state index in [0.29, 0.717) is 22.3 Å². The Morgan fingerprint density at radius 3 is 1.47 bits per heavy atom. The summed E-state index contributed by atoms with van der Waals surface area (Å²) in [5.41, 5.74) is 0.0567. The molecule has 164 valence electrons. The summed E-state index contributed by atoms with van der Waals surface area (Å²) in [6.07, 6.45) is 0. The van der Waals surface area contributed by atoms with Gasteiger partial charge in [-0.1, -0.05) is 0 Å². The van der Waals surface area contributed by atoms with Gasteiger partial charge in [-0.15, -0.1) is 0 Å². The molecule has 2 rings (SSSR count). The van der Waals surface area contributed by atoms with Crippen molar-refractivity contribution in [1.82, 2.24) is 9.80 Å². The Morgan fingerprint density at radius 2 is 1.10 bits per heavy atom. The van der Waals surface area contributed by atoms with E-state index in [2.05, 4.69) is 0 Å². The predicted molar refractivity (Wildman–Crippen MR) is 106 cm³/mol. The number of carbonyl (C=O) groups is 4. The average molecular weight is 552 g/mol. The Balaban J connectivity index is 2.76. The van der Waals surface area contributed by atoms with Crippen molar-refractivity contribution in [1.29, 1.82) is 0 Å². The molecule has 10 nitrogen and oxygen atoms in total. The van der Waals surface area contributed by atoms with E-state index in [1.54, 1.807) is 14.1 Å². The zero-order chi connectivity index (χ0) is 22.6. The molecule has 2 aliphatic rings. The zero-order valence-corrected chi connectivity index (χ0v) is 20.8. The van der Waals surface area contributed by atoms with Crippen molar-refractivity contribution in [2.75, 3.05) is 55.6 Å². The molecule has 1 saturated heterocycles. The number of ether oxygens (including phenoxy) is 4. The zero-order valence-electron chi connectivity index (χ0n) is 17.4. The summed E-state index contributed by atoms with van der Waals surface area (Å²) in [4.78, 5) is 53.8. The van der Waals surface area contributed by atoms with Crippen molar-refractivity contribution < 1.29 is 38.1 Å². The summed E-state index contributed by atoms with van der Waals surface area (Å²) in [6, 6.07) is 0. The van der Waals surface area contributed by atoms with Crippen LogP contribution in [0.2, 0.25) is 0 Å². The molecule has 0 aliphatic carbocycles. The first-order chi connectivity index (χ1) is 14.2. The summed E-state index contributed by atoms with van der Waals surface area (Å²) in [7, 11) is 8.44. The van der Waals surface area contributed by atoms with Gasteiger partial charge in [0, 0.05) is 0 Å². The maximum atomic E-state index is 12.8. The van der Waals surface area contributed by atoms with Crippen LogP contribution in [0.5, 0.6) is 0 Å². The van der Waals surface area contributed by atoms with Crippen LogP contribution in [0, 0.1) is 0 Å². The average Bonchev–Trinajstić information content (AvgIpc) is 3.33. The monoisotopic (exact) mass is 554 g/mol. The summed E-state index contributed by atoms with van der Waals surface area (Å²) in [6.45, 7) is 1.29. The third kappa shape index (κ3) is 4.57. The van der Waals surface area contributed by atoms with Gasteiger partial charge >= 0.3 is 187 Å². The quantitative estimate of drug-likeness (QED) is 0.175. The van der Waals surface area contributed by atoms with Crippen LogP contribution < -0.4 is 0 Å². The maximum absolute atomic E-state index is 12.8. The minimum atomic E-state index is -0.745. The fourth-order valence-corrected chi connectivity index (χ4v) is 9.53. The van der Waals surface area contributed by atoms with Gasteiger partial charge in [-0.05, 0) is 0 Å². The molecule has 1 fully saturated rings. The minimum absolute atomic E-state index is 0.0141. The van der Waals surface area contributed by atoms with E-state index in [0.717, 1.165) is 0 Å². The van der Waals surface area contributed by atoms with Crippen LogP contribution in [-0.2, 0) is 38.1 Å². The second-order valence-electron chi connectivity index (χ2n) is 6.03. The molecule has 0 N–H and O–H groups in total. The molecule has 0 saturated carbocycles.